The molecule has 6 nitrogen and oxygen atoms in total. The highest BCUT2D eigenvalue weighted by atomic mass is 79.9. The summed E-state index contributed by atoms with van der Waals surface area (Å²) in [5.41, 5.74) is 0.965. The lowest BCUT2D eigenvalue weighted by molar-refractivity contribution is -0.112. The van der Waals surface area contributed by atoms with E-state index in [0.717, 1.165) is 10.8 Å². The molecule has 9 heteroatoms. The summed E-state index contributed by atoms with van der Waals surface area (Å²) >= 11 is 15.5. The van der Waals surface area contributed by atoms with E-state index in [1.807, 2.05) is 36.4 Å². The zero-order valence-corrected chi connectivity index (χ0v) is 23.0. The summed E-state index contributed by atoms with van der Waals surface area (Å²) < 4.78 is 11.9. The number of amides is 1. The second kappa shape index (κ2) is 12.1. The van der Waals surface area contributed by atoms with Gasteiger partial charge in [-0.3, -0.25) is 4.79 Å². The molecule has 38 heavy (non-hydrogen) atoms. The van der Waals surface area contributed by atoms with Crippen LogP contribution in [0.15, 0.2) is 82.8 Å². The number of hydrogen-bond acceptors (Lipinski definition) is 5. The molecule has 1 N–H and O–H groups in total. The number of benzene rings is 4. The Hall–Kier alpha value is -3.83. The molecule has 0 unspecified atom stereocenters. The summed E-state index contributed by atoms with van der Waals surface area (Å²) in [7, 11) is 0. The molecule has 0 aliphatic carbocycles. The van der Waals surface area contributed by atoms with Crippen LogP contribution in [0.5, 0.6) is 11.5 Å². The van der Waals surface area contributed by atoms with Gasteiger partial charge < -0.3 is 14.8 Å². The SMILES string of the molecule is CCOc1cc(/C=C(\C#N)C(=O)Nc2cc(Cl)ccc2Cl)cc(Br)c1OC(=O)c1cccc2ccccc12. The summed E-state index contributed by atoms with van der Waals surface area (Å²) in [4.78, 5) is 25.9. The van der Waals surface area contributed by atoms with Gasteiger partial charge in [0.05, 0.1) is 27.4 Å². The van der Waals surface area contributed by atoms with Gasteiger partial charge in [-0.25, -0.2) is 4.79 Å². The van der Waals surface area contributed by atoms with Gasteiger partial charge in [-0.15, -0.1) is 0 Å². The Labute approximate surface area is 237 Å². The van der Waals surface area contributed by atoms with Crippen molar-refractivity contribution in [1.29, 1.82) is 5.26 Å². The lowest BCUT2D eigenvalue weighted by Gasteiger charge is -2.14. The average Bonchev–Trinajstić information content (AvgIpc) is 2.91. The monoisotopic (exact) mass is 608 g/mol. The number of hydrogen-bond donors (Lipinski definition) is 1. The number of nitrogens with one attached hydrogen (secondary N) is 1. The van der Waals surface area contributed by atoms with E-state index >= 15 is 0 Å². The van der Waals surface area contributed by atoms with Gasteiger partial charge in [0.2, 0.25) is 0 Å². The number of anilines is 1. The average molecular weight is 610 g/mol. The Morgan fingerprint density at radius 3 is 2.58 bits per heavy atom. The second-order valence-electron chi connectivity index (χ2n) is 7.93. The van der Waals surface area contributed by atoms with Crippen LogP contribution in [0.3, 0.4) is 0 Å². The van der Waals surface area contributed by atoms with Crippen molar-refractivity contribution >= 4 is 73.5 Å². The summed E-state index contributed by atoms with van der Waals surface area (Å²) in [5, 5.41) is 14.6. The Balaban J connectivity index is 1.64. The van der Waals surface area contributed by atoms with E-state index in [-0.39, 0.29) is 34.4 Å². The number of carbonyl (C=O) groups excluding carboxylic acids is 2. The molecule has 190 valence electrons. The van der Waals surface area contributed by atoms with E-state index < -0.39 is 11.9 Å². The molecule has 0 radical (unpaired) electrons. The molecule has 4 aromatic carbocycles. The topological polar surface area (TPSA) is 88.4 Å². The highest BCUT2D eigenvalue weighted by molar-refractivity contribution is 9.10. The smallest absolute Gasteiger partial charge is 0.344 e. The molecule has 1 amide bonds. The van der Waals surface area contributed by atoms with E-state index in [0.29, 0.717) is 20.6 Å². The fraction of sp³-hybridized carbons (Fsp3) is 0.0690. The third-order valence-corrected chi connectivity index (χ3v) is 6.54. The number of halogens is 3. The Morgan fingerprint density at radius 1 is 1.05 bits per heavy atom. The first-order valence-electron chi connectivity index (χ1n) is 11.3. The number of ether oxygens (including phenoxy) is 2. The molecule has 0 fully saturated rings. The van der Waals surface area contributed by atoms with Crippen LogP contribution in [0.1, 0.15) is 22.8 Å². The van der Waals surface area contributed by atoms with Crippen LogP contribution < -0.4 is 14.8 Å². The minimum atomic E-state index is -0.669. The maximum Gasteiger partial charge on any atom is 0.344 e. The quantitative estimate of drug-likeness (QED) is 0.0990. The first-order chi connectivity index (χ1) is 18.3. The minimum Gasteiger partial charge on any atom is -0.490 e. The van der Waals surface area contributed by atoms with Crippen molar-refractivity contribution < 1.29 is 19.1 Å². The summed E-state index contributed by atoms with van der Waals surface area (Å²) in [6.45, 7) is 2.08. The van der Waals surface area contributed by atoms with E-state index in [9.17, 15) is 14.9 Å². The zero-order valence-electron chi connectivity index (χ0n) is 19.9. The molecule has 4 aromatic rings. The molecular weight excluding hydrogens is 591 g/mol. The molecular formula is C29H19BrCl2N2O4. The number of fused-ring (bicyclic) bond motifs is 1. The van der Waals surface area contributed by atoms with Crippen molar-refractivity contribution in [2.24, 2.45) is 0 Å². The first kappa shape index (κ1) is 27.2. The standard InChI is InChI=1S/C29H19BrCl2N2O4/c1-2-37-26-14-17(12-19(16-33)28(35)34-25-15-20(31)10-11-24(25)32)13-23(30)27(26)38-29(36)22-9-5-7-18-6-3-4-8-21(18)22/h3-15H,2H2,1H3,(H,34,35)/b19-12+. The highest BCUT2D eigenvalue weighted by Gasteiger charge is 2.20. The first-order valence-corrected chi connectivity index (χ1v) is 12.9. The van der Waals surface area contributed by atoms with Gasteiger partial charge in [-0.1, -0.05) is 59.6 Å². The molecule has 0 atom stereocenters. The van der Waals surface area contributed by atoms with Gasteiger partial charge in [0.1, 0.15) is 11.6 Å². The van der Waals surface area contributed by atoms with Crippen LogP contribution in [0, 0.1) is 11.3 Å². The lowest BCUT2D eigenvalue weighted by atomic mass is 10.0. The number of nitriles is 1. The predicted molar refractivity (Wildman–Crippen MR) is 153 cm³/mol. The van der Waals surface area contributed by atoms with E-state index in [1.54, 1.807) is 43.3 Å². The van der Waals surface area contributed by atoms with Gasteiger partial charge in [-0.2, -0.15) is 5.26 Å². The molecule has 0 aromatic heterocycles. The molecule has 0 saturated heterocycles. The lowest BCUT2D eigenvalue weighted by Crippen LogP contribution is -2.14. The summed E-state index contributed by atoms with van der Waals surface area (Å²) in [5.74, 6) is -0.785. The number of nitrogens with zero attached hydrogens (tertiary/aromatic N) is 1. The summed E-state index contributed by atoms with van der Waals surface area (Å²) in [6, 6.07) is 22.6. The number of esters is 1. The Kier molecular flexibility index (Phi) is 8.70. The fourth-order valence-electron chi connectivity index (χ4n) is 3.68. The predicted octanol–water partition coefficient (Wildman–Crippen LogP) is 8.07. The normalized spacial score (nSPS) is 11.1. The molecule has 0 saturated carbocycles. The van der Waals surface area contributed by atoms with Gasteiger partial charge in [0, 0.05) is 5.02 Å². The molecule has 0 aliphatic heterocycles. The van der Waals surface area contributed by atoms with Crippen molar-refractivity contribution in [3.05, 3.63) is 104 Å². The number of carbonyl (C=O) groups is 2. The molecule has 0 heterocycles. The Bertz CT molecular complexity index is 1620. The maximum atomic E-state index is 13.1. The van der Waals surface area contributed by atoms with Gasteiger partial charge in [-0.05, 0) is 81.7 Å². The van der Waals surface area contributed by atoms with Gasteiger partial charge in [0.15, 0.2) is 11.5 Å². The number of rotatable bonds is 7. The van der Waals surface area contributed by atoms with Crippen LogP contribution in [0.4, 0.5) is 5.69 Å². The fourth-order valence-corrected chi connectivity index (χ4v) is 4.56. The minimum absolute atomic E-state index is 0.176. The van der Waals surface area contributed by atoms with Crippen molar-refractivity contribution in [2.75, 3.05) is 11.9 Å². The van der Waals surface area contributed by atoms with Crippen LogP contribution in [-0.4, -0.2) is 18.5 Å². The molecule has 0 spiro atoms. The van der Waals surface area contributed by atoms with Crippen molar-refractivity contribution in [3.63, 3.8) is 0 Å². The van der Waals surface area contributed by atoms with Crippen LogP contribution >= 0.6 is 39.1 Å². The van der Waals surface area contributed by atoms with Crippen LogP contribution in [0.25, 0.3) is 16.8 Å². The molecule has 0 aliphatic rings. The highest BCUT2D eigenvalue weighted by Crippen LogP contribution is 2.38. The van der Waals surface area contributed by atoms with Crippen molar-refractivity contribution in [2.45, 2.75) is 6.92 Å². The van der Waals surface area contributed by atoms with Gasteiger partial charge >= 0.3 is 5.97 Å². The molecule has 4 rings (SSSR count). The maximum absolute atomic E-state index is 13.1. The summed E-state index contributed by atoms with van der Waals surface area (Å²) in [6.07, 6.45) is 1.39. The molecule has 0 bridgehead atoms. The second-order valence-corrected chi connectivity index (χ2v) is 9.63. The van der Waals surface area contributed by atoms with Gasteiger partial charge in [0.25, 0.3) is 5.91 Å². The van der Waals surface area contributed by atoms with E-state index in [1.165, 1.54) is 12.1 Å². The van der Waals surface area contributed by atoms with Crippen molar-refractivity contribution in [3.8, 4) is 17.6 Å². The van der Waals surface area contributed by atoms with E-state index in [2.05, 4.69) is 21.2 Å². The third-order valence-electron chi connectivity index (χ3n) is 5.39. The van der Waals surface area contributed by atoms with Crippen molar-refractivity contribution in [1.82, 2.24) is 0 Å². The largest absolute Gasteiger partial charge is 0.490 e. The third kappa shape index (κ3) is 6.17. The zero-order chi connectivity index (χ0) is 27.2. The van der Waals surface area contributed by atoms with Crippen LogP contribution in [-0.2, 0) is 4.79 Å². The van der Waals surface area contributed by atoms with E-state index in [4.69, 9.17) is 32.7 Å². The van der Waals surface area contributed by atoms with Crippen LogP contribution in [0.2, 0.25) is 10.0 Å². The Morgan fingerprint density at radius 2 is 1.82 bits per heavy atom.